The van der Waals surface area contributed by atoms with Crippen molar-refractivity contribution < 1.29 is 14.7 Å². The van der Waals surface area contributed by atoms with E-state index in [0.29, 0.717) is 18.2 Å². The minimum atomic E-state index is -1.09. The standard InChI is InChI=1S/C13H15ClN2O3/c14-11-6-9(4-5-10(11)12(17)18)16-13(19)15-7-8-2-1-3-8/h4-6,8H,1-3,7H2,(H,17,18)(H2,15,16,19). The lowest BCUT2D eigenvalue weighted by Crippen LogP contribution is -2.35. The van der Waals surface area contributed by atoms with Crippen LogP contribution in [0, 0.1) is 5.92 Å². The van der Waals surface area contributed by atoms with Gasteiger partial charge in [-0.05, 0) is 37.0 Å². The summed E-state index contributed by atoms with van der Waals surface area (Å²) < 4.78 is 0. The number of anilines is 1. The van der Waals surface area contributed by atoms with Crippen LogP contribution in [0.5, 0.6) is 0 Å². The van der Waals surface area contributed by atoms with Gasteiger partial charge in [0.2, 0.25) is 0 Å². The Bertz CT molecular complexity index is 501. The molecule has 0 bridgehead atoms. The molecule has 0 unspecified atom stereocenters. The number of rotatable bonds is 4. The number of urea groups is 1. The van der Waals surface area contributed by atoms with Crippen LogP contribution in [-0.4, -0.2) is 23.7 Å². The average molecular weight is 283 g/mol. The molecule has 2 amide bonds. The van der Waals surface area contributed by atoms with Gasteiger partial charge in [-0.1, -0.05) is 18.0 Å². The molecule has 6 heteroatoms. The predicted molar refractivity (Wildman–Crippen MR) is 72.8 cm³/mol. The smallest absolute Gasteiger partial charge is 0.337 e. The molecule has 1 aromatic carbocycles. The molecule has 1 aromatic rings. The summed E-state index contributed by atoms with van der Waals surface area (Å²) in [5.74, 6) is -0.505. The van der Waals surface area contributed by atoms with Crippen molar-refractivity contribution in [1.82, 2.24) is 5.32 Å². The molecule has 3 N–H and O–H groups in total. The van der Waals surface area contributed by atoms with Gasteiger partial charge in [0.05, 0.1) is 10.6 Å². The normalized spacial score (nSPS) is 14.6. The van der Waals surface area contributed by atoms with Gasteiger partial charge in [-0.25, -0.2) is 9.59 Å². The number of amides is 2. The highest BCUT2D eigenvalue weighted by atomic mass is 35.5. The zero-order valence-electron chi connectivity index (χ0n) is 10.3. The van der Waals surface area contributed by atoms with Gasteiger partial charge < -0.3 is 15.7 Å². The van der Waals surface area contributed by atoms with Gasteiger partial charge in [-0.2, -0.15) is 0 Å². The molecular weight excluding hydrogens is 268 g/mol. The number of halogens is 1. The van der Waals surface area contributed by atoms with Gasteiger partial charge in [0.25, 0.3) is 0 Å². The van der Waals surface area contributed by atoms with Crippen LogP contribution >= 0.6 is 11.6 Å². The topological polar surface area (TPSA) is 78.4 Å². The zero-order chi connectivity index (χ0) is 13.8. The molecular formula is C13H15ClN2O3. The second-order valence-electron chi connectivity index (χ2n) is 4.63. The summed E-state index contributed by atoms with van der Waals surface area (Å²) >= 11 is 5.81. The largest absolute Gasteiger partial charge is 0.478 e. The van der Waals surface area contributed by atoms with Crippen molar-refractivity contribution >= 4 is 29.3 Å². The maximum absolute atomic E-state index is 11.6. The maximum Gasteiger partial charge on any atom is 0.337 e. The number of benzene rings is 1. The second-order valence-corrected chi connectivity index (χ2v) is 5.04. The van der Waals surface area contributed by atoms with E-state index in [1.807, 2.05) is 0 Å². The molecule has 19 heavy (non-hydrogen) atoms. The Labute approximate surface area is 116 Å². The molecule has 1 aliphatic carbocycles. The van der Waals surface area contributed by atoms with E-state index in [1.165, 1.54) is 37.5 Å². The number of hydrogen-bond acceptors (Lipinski definition) is 2. The maximum atomic E-state index is 11.6. The fraction of sp³-hybridized carbons (Fsp3) is 0.385. The lowest BCUT2D eigenvalue weighted by Gasteiger charge is -2.25. The minimum Gasteiger partial charge on any atom is -0.478 e. The van der Waals surface area contributed by atoms with E-state index in [1.54, 1.807) is 0 Å². The summed E-state index contributed by atoms with van der Waals surface area (Å²) in [6, 6.07) is 4.00. The first-order valence-corrected chi connectivity index (χ1v) is 6.52. The Kier molecular flexibility index (Phi) is 4.27. The van der Waals surface area contributed by atoms with Crippen molar-refractivity contribution in [3.63, 3.8) is 0 Å². The number of carbonyl (C=O) groups is 2. The minimum absolute atomic E-state index is 0.0158. The molecule has 102 valence electrons. The van der Waals surface area contributed by atoms with Crippen molar-refractivity contribution in [2.45, 2.75) is 19.3 Å². The van der Waals surface area contributed by atoms with Gasteiger partial charge in [0.1, 0.15) is 0 Å². The quantitative estimate of drug-likeness (QED) is 0.794. The Hall–Kier alpha value is -1.75. The third kappa shape index (κ3) is 3.61. The van der Waals surface area contributed by atoms with Gasteiger partial charge in [0.15, 0.2) is 0 Å². The fourth-order valence-electron chi connectivity index (χ4n) is 1.88. The monoisotopic (exact) mass is 282 g/mol. The summed E-state index contributed by atoms with van der Waals surface area (Å²) in [5.41, 5.74) is 0.489. The first-order chi connectivity index (χ1) is 9.06. The van der Waals surface area contributed by atoms with Crippen LogP contribution in [0.1, 0.15) is 29.6 Å². The third-order valence-electron chi connectivity index (χ3n) is 3.23. The molecule has 0 saturated heterocycles. The highest BCUT2D eigenvalue weighted by Gasteiger charge is 2.18. The molecule has 0 spiro atoms. The lowest BCUT2D eigenvalue weighted by molar-refractivity contribution is 0.0697. The van der Waals surface area contributed by atoms with E-state index in [9.17, 15) is 9.59 Å². The van der Waals surface area contributed by atoms with E-state index >= 15 is 0 Å². The molecule has 0 heterocycles. The highest BCUT2D eigenvalue weighted by molar-refractivity contribution is 6.33. The van der Waals surface area contributed by atoms with Gasteiger partial charge >= 0.3 is 12.0 Å². The molecule has 0 aromatic heterocycles. The molecule has 0 atom stereocenters. The molecule has 2 rings (SSSR count). The van der Waals surface area contributed by atoms with Crippen LogP contribution in [0.2, 0.25) is 5.02 Å². The predicted octanol–water partition coefficient (Wildman–Crippen LogP) is 2.96. The highest BCUT2D eigenvalue weighted by Crippen LogP contribution is 2.25. The van der Waals surface area contributed by atoms with Gasteiger partial charge in [0, 0.05) is 12.2 Å². The Balaban J connectivity index is 1.89. The Morgan fingerprint density at radius 3 is 2.63 bits per heavy atom. The zero-order valence-corrected chi connectivity index (χ0v) is 11.0. The first-order valence-electron chi connectivity index (χ1n) is 6.14. The summed E-state index contributed by atoms with van der Waals surface area (Å²) in [5, 5.41) is 14.3. The van der Waals surface area contributed by atoms with Crippen LogP contribution in [0.4, 0.5) is 10.5 Å². The average Bonchev–Trinajstić information content (AvgIpc) is 2.26. The van der Waals surface area contributed by atoms with Crippen molar-refractivity contribution in [3.8, 4) is 0 Å². The number of carboxylic acid groups (broad SMARTS) is 1. The van der Waals surface area contributed by atoms with Crippen molar-refractivity contribution in [1.29, 1.82) is 0 Å². The van der Waals surface area contributed by atoms with E-state index < -0.39 is 5.97 Å². The van der Waals surface area contributed by atoms with E-state index in [2.05, 4.69) is 10.6 Å². The number of carboxylic acids is 1. The summed E-state index contributed by atoms with van der Waals surface area (Å²) in [6.07, 6.45) is 3.57. The van der Waals surface area contributed by atoms with Crippen LogP contribution in [0.25, 0.3) is 0 Å². The fourth-order valence-corrected chi connectivity index (χ4v) is 2.14. The molecule has 1 aliphatic rings. The molecule has 1 saturated carbocycles. The lowest BCUT2D eigenvalue weighted by atomic mass is 9.85. The number of nitrogens with one attached hydrogen (secondary N) is 2. The summed E-state index contributed by atoms with van der Waals surface area (Å²) in [4.78, 5) is 22.4. The van der Waals surface area contributed by atoms with Crippen molar-refractivity contribution in [2.75, 3.05) is 11.9 Å². The van der Waals surface area contributed by atoms with Gasteiger partial charge in [-0.3, -0.25) is 0 Å². The van der Waals surface area contributed by atoms with Crippen LogP contribution in [0.15, 0.2) is 18.2 Å². The summed E-state index contributed by atoms with van der Waals surface area (Å²) in [7, 11) is 0. The van der Waals surface area contributed by atoms with E-state index in [0.717, 1.165) is 0 Å². The molecule has 5 nitrogen and oxygen atoms in total. The Morgan fingerprint density at radius 1 is 1.37 bits per heavy atom. The van der Waals surface area contributed by atoms with E-state index in [4.69, 9.17) is 16.7 Å². The van der Waals surface area contributed by atoms with Crippen molar-refractivity contribution in [3.05, 3.63) is 28.8 Å². The van der Waals surface area contributed by atoms with Crippen LogP contribution < -0.4 is 10.6 Å². The Morgan fingerprint density at radius 2 is 2.11 bits per heavy atom. The molecule has 0 aliphatic heterocycles. The molecule has 1 fully saturated rings. The molecule has 0 radical (unpaired) electrons. The van der Waals surface area contributed by atoms with E-state index in [-0.39, 0.29) is 16.6 Å². The van der Waals surface area contributed by atoms with Crippen LogP contribution in [-0.2, 0) is 0 Å². The number of hydrogen-bond donors (Lipinski definition) is 3. The second kappa shape index (κ2) is 5.93. The summed E-state index contributed by atoms with van der Waals surface area (Å²) in [6.45, 7) is 0.673. The van der Waals surface area contributed by atoms with Gasteiger partial charge in [-0.15, -0.1) is 0 Å². The first kappa shape index (κ1) is 13.7. The van der Waals surface area contributed by atoms with Crippen LogP contribution in [0.3, 0.4) is 0 Å². The number of carbonyl (C=O) groups excluding carboxylic acids is 1. The van der Waals surface area contributed by atoms with Crippen molar-refractivity contribution in [2.24, 2.45) is 5.92 Å². The SMILES string of the molecule is O=C(NCC1CCC1)Nc1ccc(C(=O)O)c(Cl)c1. The third-order valence-corrected chi connectivity index (χ3v) is 3.55. The number of aromatic carboxylic acids is 1.